The van der Waals surface area contributed by atoms with E-state index < -0.39 is 23.9 Å². The minimum atomic E-state index is -0.448. The third-order valence-corrected chi connectivity index (χ3v) is 7.82. The molecule has 0 aromatic heterocycles. The molecule has 0 spiro atoms. The lowest BCUT2D eigenvalue weighted by Gasteiger charge is -2.48. The molecule has 2 saturated heterocycles. The van der Waals surface area contributed by atoms with E-state index in [1.54, 1.807) is 52.3 Å². The van der Waals surface area contributed by atoms with Gasteiger partial charge in [0.1, 0.15) is 24.0 Å². The summed E-state index contributed by atoms with van der Waals surface area (Å²) >= 11 is 0. The molecule has 3 aromatic rings. The predicted molar refractivity (Wildman–Crippen MR) is 147 cm³/mol. The molecule has 2 fully saturated rings. The number of hydrogen-bond acceptors (Lipinski definition) is 5. The van der Waals surface area contributed by atoms with Crippen molar-refractivity contribution < 1.29 is 28.2 Å². The first-order valence-corrected chi connectivity index (χ1v) is 13.6. The number of anilines is 1. The molecule has 3 aromatic carbocycles. The van der Waals surface area contributed by atoms with Gasteiger partial charge in [0.25, 0.3) is 0 Å². The third kappa shape index (κ3) is 5.94. The Morgan fingerprint density at radius 1 is 1.02 bits per heavy atom. The summed E-state index contributed by atoms with van der Waals surface area (Å²) < 4.78 is 32.4. The number of benzene rings is 3. The van der Waals surface area contributed by atoms with Crippen LogP contribution in [0.5, 0.6) is 5.75 Å². The van der Waals surface area contributed by atoms with E-state index in [-0.39, 0.29) is 30.0 Å². The fourth-order valence-corrected chi connectivity index (χ4v) is 5.48. The van der Waals surface area contributed by atoms with E-state index in [9.17, 15) is 23.5 Å². The van der Waals surface area contributed by atoms with Crippen LogP contribution in [0.2, 0.25) is 0 Å². The van der Waals surface area contributed by atoms with Crippen molar-refractivity contribution in [3.05, 3.63) is 95.1 Å². The molecule has 210 valence electrons. The fourth-order valence-electron chi connectivity index (χ4n) is 5.48. The molecule has 40 heavy (non-hydrogen) atoms. The molecule has 2 heterocycles. The highest BCUT2D eigenvalue weighted by atomic mass is 19.1. The van der Waals surface area contributed by atoms with Gasteiger partial charge < -0.3 is 25.0 Å². The summed E-state index contributed by atoms with van der Waals surface area (Å²) in [4.78, 5) is 29.0. The van der Waals surface area contributed by atoms with E-state index in [0.29, 0.717) is 42.7 Å². The number of hydrogen-bond donors (Lipinski definition) is 2. The lowest BCUT2D eigenvalue weighted by atomic mass is 9.77. The number of phenolic OH excluding ortho intramolecular Hbond substituents is 1. The van der Waals surface area contributed by atoms with E-state index in [4.69, 9.17) is 4.74 Å². The maximum atomic E-state index is 13.6. The van der Waals surface area contributed by atoms with E-state index in [1.807, 2.05) is 6.92 Å². The van der Waals surface area contributed by atoms with Crippen molar-refractivity contribution in [1.82, 2.24) is 10.2 Å². The fraction of sp³-hybridized carbons (Fsp3) is 0.355. The first-order chi connectivity index (χ1) is 19.3. The Balaban J connectivity index is 1.32. The van der Waals surface area contributed by atoms with Crippen molar-refractivity contribution in [3.8, 4) is 5.75 Å². The Morgan fingerprint density at radius 3 is 2.33 bits per heavy atom. The standard InChI is InChI=1S/C31H33F2N3O4/c1-20(22-4-6-23(32)7-5-22)2-12-27-29(36(30(27)38)25-10-8-24(33)9-11-25)26-13-3-21(18-28(26)37)19-40-31(39)35-16-14-34-15-17-35/h3-11,13,18,20,27,29,34,37H,2,12,14-17,19H2,1H3/t20?,27-,29-/m1/s1. The van der Waals surface area contributed by atoms with Crippen molar-refractivity contribution in [1.29, 1.82) is 0 Å². The first kappa shape index (κ1) is 27.6. The van der Waals surface area contributed by atoms with Crippen LogP contribution >= 0.6 is 0 Å². The van der Waals surface area contributed by atoms with Gasteiger partial charge >= 0.3 is 6.09 Å². The second-order valence-electron chi connectivity index (χ2n) is 10.5. The number of nitrogens with zero attached hydrogens (tertiary/aromatic N) is 2. The molecule has 5 rings (SSSR count). The average molecular weight is 550 g/mol. The number of ether oxygens (including phenoxy) is 1. The molecule has 2 amide bonds. The molecule has 3 atom stereocenters. The predicted octanol–water partition coefficient (Wildman–Crippen LogP) is 5.50. The summed E-state index contributed by atoms with van der Waals surface area (Å²) in [5.74, 6) is -1.09. The molecular formula is C31H33F2N3O4. The number of carbonyl (C=O) groups is 2. The second-order valence-corrected chi connectivity index (χ2v) is 10.5. The highest BCUT2D eigenvalue weighted by Crippen LogP contribution is 2.48. The van der Waals surface area contributed by atoms with Gasteiger partial charge in [-0.25, -0.2) is 13.6 Å². The van der Waals surface area contributed by atoms with Gasteiger partial charge in [0.05, 0.1) is 12.0 Å². The maximum absolute atomic E-state index is 13.6. The first-order valence-electron chi connectivity index (χ1n) is 13.6. The molecule has 2 aliphatic rings. The van der Waals surface area contributed by atoms with Crippen LogP contribution in [0.4, 0.5) is 19.3 Å². The zero-order chi connectivity index (χ0) is 28.2. The molecule has 0 radical (unpaired) electrons. The quantitative estimate of drug-likeness (QED) is 0.363. The van der Waals surface area contributed by atoms with Crippen molar-refractivity contribution in [2.24, 2.45) is 5.92 Å². The Morgan fingerprint density at radius 2 is 1.68 bits per heavy atom. The summed E-state index contributed by atoms with van der Waals surface area (Å²) in [5, 5.41) is 14.2. The van der Waals surface area contributed by atoms with Gasteiger partial charge in [-0.2, -0.15) is 0 Å². The number of halogens is 2. The van der Waals surface area contributed by atoms with Crippen LogP contribution in [0, 0.1) is 17.6 Å². The summed E-state index contributed by atoms with van der Waals surface area (Å²) in [6.45, 7) is 4.66. The zero-order valence-electron chi connectivity index (χ0n) is 22.4. The Hall–Kier alpha value is -3.98. The van der Waals surface area contributed by atoms with Crippen molar-refractivity contribution in [2.75, 3.05) is 31.1 Å². The SMILES string of the molecule is CC(CC[C@H]1C(=O)N(c2ccc(F)cc2)[C@@H]1c1ccc(COC(=O)N2CCNCC2)cc1O)c1ccc(F)cc1. The summed E-state index contributed by atoms with van der Waals surface area (Å²) in [6.07, 6.45) is 0.854. The van der Waals surface area contributed by atoms with Gasteiger partial charge in [0.2, 0.25) is 5.91 Å². The molecule has 1 unspecified atom stereocenters. The van der Waals surface area contributed by atoms with Crippen molar-refractivity contribution >= 4 is 17.7 Å². The van der Waals surface area contributed by atoms with Gasteiger partial charge in [-0.05, 0) is 72.4 Å². The van der Waals surface area contributed by atoms with Crippen molar-refractivity contribution in [3.63, 3.8) is 0 Å². The van der Waals surface area contributed by atoms with Gasteiger partial charge in [-0.1, -0.05) is 31.2 Å². The smallest absolute Gasteiger partial charge is 0.410 e. The third-order valence-electron chi connectivity index (χ3n) is 7.82. The highest BCUT2D eigenvalue weighted by Gasteiger charge is 2.49. The van der Waals surface area contributed by atoms with Crippen LogP contribution in [0.15, 0.2) is 66.7 Å². The molecule has 0 aliphatic carbocycles. The topological polar surface area (TPSA) is 82.1 Å². The van der Waals surface area contributed by atoms with Crippen molar-refractivity contribution in [2.45, 2.75) is 38.3 Å². The minimum Gasteiger partial charge on any atom is -0.508 e. The highest BCUT2D eigenvalue weighted by molar-refractivity contribution is 6.03. The molecule has 2 aliphatic heterocycles. The summed E-state index contributed by atoms with van der Waals surface area (Å²) in [7, 11) is 0. The number of aromatic hydroxyl groups is 1. The van der Waals surface area contributed by atoms with Crippen LogP contribution in [-0.2, 0) is 16.1 Å². The molecule has 0 saturated carbocycles. The van der Waals surface area contributed by atoms with Gasteiger partial charge in [-0.3, -0.25) is 4.79 Å². The van der Waals surface area contributed by atoms with Crippen LogP contribution in [0.3, 0.4) is 0 Å². The van der Waals surface area contributed by atoms with Crippen LogP contribution in [-0.4, -0.2) is 48.2 Å². The van der Waals surface area contributed by atoms with Crippen LogP contribution in [0.25, 0.3) is 0 Å². The Bertz CT molecular complexity index is 1340. The molecule has 2 N–H and O–H groups in total. The van der Waals surface area contributed by atoms with Gasteiger partial charge in [0.15, 0.2) is 0 Å². The minimum absolute atomic E-state index is 0.00286. The Labute approximate surface area is 232 Å². The molecule has 0 bridgehead atoms. The number of β-lactam (4-membered cyclic amide) rings is 1. The van der Waals surface area contributed by atoms with Crippen LogP contribution in [0.1, 0.15) is 48.4 Å². The summed E-state index contributed by atoms with van der Waals surface area (Å²) in [6, 6.07) is 16.7. The number of piperazine rings is 1. The van der Waals surface area contributed by atoms with Crippen LogP contribution < -0.4 is 10.2 Å². The Kier molecular flexibility index (Phi) is 8.30. The lowest BCUT2D eigenvalue weighted by molar-refractivity contribution is -0.130. The number of nitrogens with one attached hydrogen (secondary N) is 1. The van der Waals surface area contributed by atoms with E-state index in [0.717, 1.165) is 18.7 Å². The van der Waals surface area contributed by atoms with Gasteiger partial charge in [0, 0.05) is 37.4 Å². The van der Waals surface area contributed by atoms with E-state index in [2.05, 4.69) is 5.32 Å². The number of rotatable bonds is 8. The van der Waals surface area contributed by atoms with E-state index in [1.165, 1.54) is 24.3 Å². The van der Waals surface area contributed by atoms with E-state index >= 15 is 0 Å². The number of phenols is 1. The maximum Gasteiger partial charge on any atom is 0.410 e. The number of amides is 2. The molecule has 7 nitrogen and oxygen atoms in total. The largest absolute Gasteiger partial charge is 0.508 e. The average Bonchev–Trinajstić information content (AvgIpc) is 2.96. The normalized spacial score (nSPS) is 19.7. The second kappa shape index (κ2) is 12.0. The molecule has 9 heteroatoms. The number of carbonyl (C=O) groups excluding carboxylic acids is 2. The monoisotopic (exact) mass is 549 g/mol. The zero-order valence-corrected chi connectivity index (χ0v) is 22.4. The van der Waals surface area contributed by atoms with Gasteiger partial charge in [-0.15, -0.1) is 0 Å². The summed E-state index contributed by atoms with van der Waals surface area (Å²) in [5.41, 5.74) is 2.74. The molecular weight excluding hydrogens is 516 g/mol. The lowest BCUT2D eigenvalue weighted by Crippen LogP contribution is -2.55.